The van der Waals surface area contributed by atoms with Crippen molar-refractivity contribution in [2.45, 2.75) is 13.3 Å². The summed E-state index contributed by atoms with van der Waals surface area (Å²) in [6, 6.07) is 10.9. The molecule has 0 aliphatic heterocycles. The Labute approximate surface area is 134 Å². The molecule has 2 aromatic carbocycles. The van der Waals surface area contributed by atoms with Crippen LogP contribution in [0.5, 0.6) is 0 Å². The number of hydrogen-bond acceptors (Lipinski definition) is 2. The van der Waals surface area contributed by atoms with E-state index in [2.05, 4.69) is 5.32 Å². The minimum atomic E-state index is -0.242. The molecule has 0 saturated carbocycles. The van der Waals surface area contributed by atoms with Crippen LogP contribution in [0, 0.1) is 6.92 Å². The molecule has 0 bridgehead atoms. The molecular formula is C16H16Cl2N2O. The maximum absolute atomic E-state index is 12.5. The topological polar surface area (TPSA) is 55.1 Å². The average molecular weight is 323 g/mol. The molecule has 0 radical (unpaired) electrons. The summed E-state index contributed by atoms with van der Waals surface area (Å²) >= 11 is 12.3. The molecule has 0 fully saturated rings. The Morgan fingerprint density at radius 3 is 2.62 bits per heavy atom. The second kappa shape index (κ2) is 6.94. The molecule has 2 rings (SSSR count). The lowest BCUT2D eigenvalue weighted by Gasteiger charge is -2.13. The molecule has 3 N–H and O–H groups in total. The summed E-state index contributed by atoms with van der Waals surface area (Å²) in [5.74, 6) is -0.242. The summed E-state index contributed by atoms with van der Waals surface area (Å²) in [6.07, 6.45) is 0.638. The van der Waals surface area contributed by atoms with E-state index in [4.69, 9.17) is 28.9 Å². The number of amides is 1. The van der Waals surface area contributed by atoms with E-state index in [0.717, 1.165) is 11.1 Å². The molecule has 110 valence electrons. The van der Waals surface area contributed by atoms with Crippen molar-refractivity contribution in [1.29, 1.82) is 0 Å². The van der Waals surface area contributed by atoms with E-state index in [1.165, 1.54) is 0 Å². The van der Waals surface area contributed by atoms with Gasteiger partial charge in [0.25, 0.3) is 5.91 Å². The number of rotatable bonds is 4. The van der Waals surface area contributed by atoms with E-state index in [1.807, 2.05) is 31.2 Å². The lowest BCUT2D eigenvalue weighted by Crippen LogP contribution is -2.16. The Bertz CT molecular complexity index is 671. The van der Waals surface area contributed by atoms with Crippen LogP contribution >= 0.6 is 23.2 Å². The molecule has 0 atom stereocenters. The van der Waals surface area contributed by atoms with Gasteiger partial charge in [0.15, 0.2) is 0 Å². The summed E-state index contributed by atoms with van der Waals surface area (Å²) in [7, 11) is 0. The third-order valence-electron chi connectivity index (χ3n) is 3.20. The lowest BCUT2D eigenvalue weighted by atomic mass is 10.0. The van der Waals surface area contributed by atoms with Crippen molar-refractivity contribution < 1.29 is 4.79 Å². The van der Waals surface area contributed by atoms with E-state index in [9.17, 15) is 4.79 Å². The van der Waals surface area contributed by atoms with Gasteiger partial charge in [0, 0.05) is 5.56 Å². The van der Waals surface area contributed by atoms with Crippen molar-refractivity contribution in [3.63, 3.8) is 0 Å². The summed E-state index contributed by atoms with van der Waals surface area (Å²) in [4.78, 5) is 12.5. The van der Waals surface area contributed by atoms with E-state index < -0.39 is 0 Å². The first-order valence-electron chi connectivity index (χ1n) is 6.58. The molecule has 21 heavy (non-hydrogen) atoms. The highest BCUT2D eigenvalue weighted by atomic mass is 35.5. The zero-order valence-corrected chi connectivity index (χ0v) is 13.1. The number of carbonyl (C=O) groups excluding carboxylic acids is 1. The lowest BCUT2D eigenvalue weighted by molar-refractivity contribution is 0.102. The average Bonchev–Trinajstić information content (AvgIpc) is 2.48. The third kappa shape index (κ3) is 3.56. The van der Waals surface area contributed by atoms with Gasteiger partial charge in [-0.3, -0.25) is 4.79 Å². The van der Waals surface area contributed by atoms with Crippen molar-refractivity contribution in [2.75, 3.05) is 11.9 Å². The van der Waals surface area contributed by atoms with Crippen LogP contribution in [-0.4, -0.2) is 12.5 Å². The molecule has 0 heterocycles. The number of nitrogens with two attached hydrogens (primary N) is 1. The Hall–Kier alpha value is -1.55. The van der Waals surface area contributed by atoms with Gasteiger partial charge < -0.3 is 11.1 Å². The molecule has 0 aliphatic rings. The molecule has 3 nitrogen and oxygen atoms in total. The fraction of sp³-hybridized carbons (Fsp3) is 0.188. The molecule has 2 aromatic rings. The predicted octanol–water partition coefficient (Wildman–Crippen LogP) is 4.06. The number of aryl methyl sites for hydroxylation is 1. The first-order chi connectivity index (χ1) is 10.0. The van der Waals surface area contributed by atoms with Gasteiger partial charge in [0.1, 0.15) is 0 Å². The van der Waals surface area contributed by atoms with E-state index in [-0.39, 0.29) is 5.91 Å². The maximum Gasteiger partial charge on any atom is 0.256 e. The number of anilines is 1. The molecule has 5 heteroatoms. The number of halogens is 2. The van der Waals surface area contributed by atoms with Crippen LogP contribution in [-0.2, 0) is 6.42 Å². The second-order valence-electron chi connectivity index (χ2n) is 4.70. The van der Waals surface area contributed by atoms with Crippen molar-refractivity contribution >= 4 is 34.8 Å². The van der Waals surface area contributed by atoms with Crippen molar-refractivity contribution in [2.24, 2.45) is 5.73 Å². The standard InChI is InChI=1S/C16H16Cl2N2O/c1-10-6-7-13(17)15(14(10)18)20-16(21)12-5-3-2-4-11(12)8-9-19/h2-7H,8-9,19H2,1H3,(H,20,21). The van der Waals surface area contributed by atoms with E-state index in [0.29, 0.717) is 34.3 Å². The Morgan fingerprint density at radius 2 is 1.90 bits per heavy atom. The van der Waals surface area contributed by atoms with Crippen LogP contribution in [0.25, 0.3) is 0 Å². The smallest absolute Gasteiger partial charge is 0.256 e. The summed E-state index contributed by atoms with van der Waals surface area (Å²) < 4.78 is 0. The first-order valence-corrected chi connectivity index (χ1v) is 7.34. The number of nitrogens with one attached hydrogen (secondary N) is 1. The zero-order chi connectivity index (χ0) is 15.4. The largest absolute Gasteiger partial charge is 0.330 e. The van der Waals surface area contributed by atoms with Crippen molar-refractivity contribution in [1.82, 2.24) is 0 Å². The molecule has 0 unspecified atom stereocenters. The van der Waals surface area contributed by atoms with Gasteiger partial charge in [-0.1, -0.05) is 47.5 Å². The van der Waals surface area contributed by atoms with Crippen LogP contribution in [0.15, 0.2) is 36.4 Å². The highest BCUT2D eigenvalue weighted by molar-refractivity contribution is 6.40. The van der Waals surface area contributed by atoms with Crippen LogP contribution in [0.4, 0.5) is 5.69 Å². The predicted molar refractivity (Wildman–Crippen MR) is 88.4 cm³/mol. The Kier molecular flexibility index (Phi) is 5.23. The monoisotopic (exact) mass is 322 g/mol. The summed E-state index contributed by atoms with van der Waals surface area (Å²) in [5.41, 5.74) is 8.35. The molecular weight excluding hydrogens is 307 g/mol. The SMILES string of the molecule is Cc1ccc(Cl)c(NC(=O)c2ccccc2CCN)c1Cl. The minimum Gasteiger partial charge on any atom is -0.330 e. The van der Waals surface area contributed by atoms with Crippen LogP contribution in [0.1, 0.15) is 21.5 Å². The Morgan fingerprint density at radius 1 is 1.19 bits per heavy atom. The van der Waals surface area contributed by atoms with Gasteiger partial charge in [-0.05, 0) is 43.1 Å². The van der Waals surface area contributed by atoms with Crippen LogP contribution in [0.2, 0.25) is 10.0 Å². The number of carbonyl (C=O) groups is 1. The molecule has 1 amide bonds. The fourth-order valence-electron chi connectivity index (χ4n) is 2.07. The first kappa shape index (κ1) is 15.8. The molecule has 0 saturated heterocycles. The zero-order valence-electron chi connectivity index (χ0n) is 11.6. The van der Waals surface area contributed by atoms with Crippen molar-refractivity contribution in [3.05, 3.63) is 63.1 Å². The molecule has 0 aromatic heterocycles. The quantitative estimate of drug-likeness (QED) is 0.892. The second-order valence-corrected chi connectivity index (χ2v) is 5.49. The highest BCUT2D eigenvalue weighted by Crippen LogP contribution is 2.33. The molecule has 0 aliphatic carbocycles. The fourth-order valence-corrected chi connectivity index (χ4v) is 2.53. The van der Waals surface area contributed by atoms with Gasteiger partial charge in [0.05, 0.1) is 15.7 Å². The van der Waals surface area contributed by atoms with Gasteiger partial charge in [0.2, 0.25) is 0 Å². The van der Waals surface area contributed by atoms with Crippen LogP contribution < -0.4 is 11.1 Å². The van der Waals surface area contributed by atoms with E-state index in [1.54, 1.807) is 12.1 Å². The molecule has 0 spiro atoms. The van der Waals surface area contributed by atoms with Crippen molar-refractivity contribution in [3.8, 4) is 0 Å². The highest BCUT2D eigenvalue weighted by Gasteiger charge is 2.15. The maximum atomic E-state index is 12.5. The summed E-state index contributed by atoms with van der Waals surface area (Å²) in [6.45, 7) is 2.34. The Balaban J connectivity index is 2.33. The normalized spacial score (nSPS) is 10.5. The number of hydrogen-bond donors (Lipinski definition) is 2. The van der Waals surface area contributed by atoms with Gasteiger partial charge in [-0.2, -0.15) is 0 Å². The van der Waals surface area contributed by atoms with Crippen LogP contribution in [0.3, 0.4) is 0 Å². The number of benzene rings is 2. The van der Waals surface area contributed by atoms with Gasteiger partial charge >= 0.3 is 0 Å². The third-order valence-corrected chi connectivity index (χ3v) is 4.00. The minimum absolute atomic E-state index is 0.242. The van der Waals surface area contributed by atoms with Gasteiger partial charge in [-0.15, -0.1) is 0 Å². The summed E-state index contributed by atoms with van der Waals surface area (Å²) in [5, 5.41) is 3.65. The van der Waals surface area contributed by atoms with E-state index >= 15 is 0 Å². The van der Waals surface area contributed by atoms with Gasteiger partial charge in [-0.25, -0.2) is 0 Å².